The van der Waals surface area contributed by atoms with E-state index in [1.807, 2.05) is 35.4 Å². The van der Waals surface area contributed by atoms with Crippen LogP contribution in [0.5, 0.6) is 5.75 Å². The molecule has 1 atom stereocenters. The van der Waals surface area contributed by atoms with Crippen molar-refractivity contribution in [3.05, 3.63) is 65.9 Å². The third-order valence-corrected chi connectivity index (χ3v) is 13.6. The topological polar surface area (TPSA) is 164 Å². The van der Waals surface area contributed by atoms with Crippen LogP contribution in [0, 0.1) is 11.8 Å². The number of aromatic nitrogens is 3. The Hall–Kier alpha value is -5.83. The third kappa shape index (κ3) is 7.37. The number of carbonyl (C=O) groups is 5. The fourth-order valence-electron chi connectivity index (χ4n) is 9.74. The van der Waals surface area contributed by atoms with Gasteiger partial charge in [0.15, 0.2) is 0 Å². The van der Waals surface area contributed by atoms with Crippen molar-refractivity contribution in [1.82, 2.24) is 35.2 Å². The second-order valence-electron chi connectivity index (χ2n) is 17.7. The molecule has 5 amide bonds. The Bertz CT molecular complexity index is 2370. The summed E-state index contributed by atoms with van der Waals surface area (Å²) >= 11 is 0. The lowest BCUT2D eigenvalue weighted by molar-refractivity contribution is -0.138. The summed E-state index contributed by atoms with van der Waals surface area (Å²) in [6.07, 6.45) is 7.90. The third-order valence-electron chi connectivity index (χ3n) is 13.6. The molecule has 15 heteroatoms. The Kier molecular flexibility index (Phi) is 9.80. The summed E-state index contributed by atoms with van der Waals surface area (Å²) in [5, 5.41) is 11.2. The van der Waals surface area contributed by atoms with Gasteiger partial charge in [-0.25, -0.2) is 4.98 Å². The fraction of sp³-hybridized carbons (Fsp3) is 0.489. The number of nitrogens with one attached hydrogen (secondary N) is 2. The zero-order valence-corrected chi connectivity index (χ0v) is 34.0. The number of amides is 5. The number of carbonyl (C=O) groups excluding carboxylic acids is 5. The van der Waals surface area contributed by atoms with E-state index in [0.717, 1.165) is 129 Å². The molecule has 10 rings (SSSR count). The number of hydrogen-bond acceptors (Lipinski definition) is 11. The first kappa shape index (κ1) is 38.4. The van der Waals surface area contributed by atoms with Crippen LogP contribution in [0.4, 0.5) is 11.5 Å². The van der Waals surface area contributed by atoms with Crippen molar-refractivity contribution in [3.8, 4) is 17.0 Å². The Morgan fingerprint density at radius 3 is 2.32 bits per heavy atom. The molecule has 5 aliphatic heterocycles. The number of anilines is 2. The van der Waals surface area contributed by atoms with Gasteiger partial charge in [-0.05, 0) is 106 Å². The maximum Gasteiger partial charge on any atom is 0.262 e. The summed E-state index contributed by atoms with van der Waals surface area (Å²) in [5.41, 5.74) is 4.26. The van der Waals surface area contributed by atoms with Crippen LogP contribution in [-0.4, -0.2) is 130 Å². The van der Waals surface area contributed by atoms with Crippen LogP contribution in [0.2, 0.25) is 0 Å². The van der Waals surface area contributed by atoms with Crippen LogP contribution in [0.3, 0.4) is 0 Å². The number of piperidine rings is 3. The van der Waals surface area contributed by atoms with Gasteiger partial charge in [0, 0.05) is 94.1 Å². The molecule has 1 aliphatic carbocycles. The van der Waals surface area contributed by atoms with Gasteiger partial charge in [0.05, 0.1) is 16.6 Å². The fourth-order valence-corrected chi connectivity index (χ4v) is 9.74. The first-order valence-electron chi connectivity index (χ1n) is 21.6. The average molecular weight is 814 g/mol. The highest BCUT2D eigenvalue weighted by atomic mass is 16.5. The summed E-state index contributed by atoms with van der Waals surface area (Å²) in [7, 11) is 0. The normalized spacial score (nSPS) is 22.7. The molecule has 2 N–H and O–H groups in total. The number of aromatic amines is 1. The van der Waals surface area contributed by atoms with Crippen LogP contribution >= 0.6 is 0 Å². The van der Waals surface area contributed by atoms with Crippen molar-refractivity contribution in [2.24, 2.45) is 11.8 Å². The van der Waals surface area contributed by atoms with E-state index in [4.69, 9.17) is 9.72 Å². The first-order chi connectivity index (χ1) is 29.1. The SMILES string of the molecule is CC1(Oc2ccc3[nH]nc(-c4ccnc(N5CCC(CN6CCN(C(=O)C7CCN(c8ccc9c(c8)C(=O)N(C8CCC(=O)NC8=O)C9=O)CC7)CC6)CC5)c4)c3c2)CC1. The lowest BCUT2D eigenvalue weighted by Gasteiger charge is -2.41. The number of ether oxygens (including phenoxy) is 1. The molecule has 0 bridgehead atoms. The Balaban J connectivity index is 0.679. The molecule has 312 valence electrons. The molecule has 4 aromatic rings. The van der Waals surface area contributed by atoms with Crippen molar-refractivity contribution in [2.45, 2.75) is 69.9 Å². The van der Waals surface area contributed by atoms with Gasteiger partial charge in [0.2, 0.25) is 17.7 Å². The molecule has 2 aromatic carbocycles. The zero-order chi connectivity index (χ0) is 41.1. The minimum Gasteiger partial charge on any atom is -0.488 e. The van der Waals surface area contributed by atoms with Crippen molar-refractivity contribution >= 4 is 51.9 Å². The molecule has 4 saturated heterocycles. The van der Waals surface area contributed by atoms with Gasteiger partial charge >= 0.3 is 0 Å². The van der Waals surface area contributed by atoms with E-state index in [2.05, 4.69) is 49.3 Å². The van der Waals surface area contributed by atoms with Crippen LogP contribution in [0.15, 0.2) is 54.7 Å². The minimum absolute atomic E-state index is 0.0412. The van der Waals surface area contributed by atoms with Crippen molar-refractivity contribution in [2.75, 3.05) is 68.7 Å². The molecule has 1 saturated carbocycles. The van der Waals surface area contributed by atoms with Gasteiger partial charge in [0.25, 0.3) is 11.8 Å². The van der Waals surface area contributed by atoms with Gasteiger partial charge in [-0.3, -0.25) is 44.2 Å². The molecule has 7 heterocycles. The smallest absolute Gasteiger partial charge is 0.262 e. The highest BCUT2D eigenvalue weighted by Gasteiger charge is 2.45. The number of rotatable bonds is 9. The lowest BCUT2D eigenvalue weighted by Crippen LogP contribution is -2.54. The standard InChI is InChI=1S/C45H51N9O6/c1-45(13-14-45)60-32-3-5-36-35(26-32)40(49-48-36)30-8-15-46-38(24-30)52-16-9-28(10-17-52)27-50-20-22-53(23-21-50)42(57)29-11-18-51(19-12-29)31-2-4-33-34(25-31)44(59)54(43(33)58)37-6-7-39(55)47-41(37)56/h2-5,8,15,24-26,28-29,37H,6-7,9-14,16-23,27H2,1H3,(H,48,49)(H,47,55,56). The molecule has 1 unspecified atom stereocenters. The minimum atomic E-state index is -0.991. The van der Waals surface area contributed by atoms with E-state index in [9.17, 15) is 24.0 Å². The molecular weight excluding hydrogens is 763 g/mol. The van der Waals surface area contributed by atoms with Crippen molar-refractivity contribution in [1.29, 1.82) is 0 Å². The van der Waals surface area contributed by atoms with Gasteiger partial charge in [0.1, 0.15) is 28.9 Å². The second-order valence-corrected chi connectivity index (χ2v) is 17.7. The summed E-state index contributed by atoms with van der Waals surface area (Å²) in [4.78, 5) is 79.1. The largest absolute Gasteiger partial charge is 0.488 e. The first-order valence-corrected chi connectivity index (χ1v) is 21.6. The van der Waals surface area contributed by atoms with E-state index in [1.54, 1.807) is 12.1 Å². The summed E-state index contributed by atoms with van der Waals surface area (Å²) in [5.74, 6) is 0.615. The molecule has 15 nitrogen and oxygen atoms in total. The van der Waals surface area contributed by atoms with Crippen LogP contribution < -0.4 is 19.9 Å². The predicted octanol–water partition coefficient (Wildman–Crippen LogP) is 4.23. The molecule has 2 aromatic heterocycles. The van der Waals surface area contributed by atoms with Crippen LogP contribution in [-0.2, 0) is 14.4 Å². The predicted molar refractivity (Wildman–Crippen MR) is 224 cm³/mol. The van der Waals surface area contributed by atoms with Crippen LogP contribution in [0.25, 0.3) is 22.2 Å². The van der Waals surface area contributed by atoms with Crippen LogP contribution in [0.1, 0.15) is 79.0 Å². The molecule has 0 radical (unpaired) electrons. The molecule has 0 spiro atoms. The van der Waals surface area contributed by atoms with E-state index in [0.29, 0.717) is 19.0 Å². The van der Waals surface area contributed by atoms with E-state index in [-0.39, 0.29) is 41.4 Å². The number of fused-ring (bicyclic) bond motifs is 2. The summed E-state index contributed by atoms with van der Waals surface area (Å²) < 4.78 is 6.24. The maximum atomic E-state index is 13.7. The highest BCUT2D eigenvalue weighted by molar-refractivity contribution is 6.23. The average Bonchev–Trinajstić information content (AvgIpc) is 3.75. The zero-order valence-electron chi connectivity index (χ0n) is 34.0. The van der Waals surface area contributed by atoms with Gasteiger partial charge < -0.3 is 19.4 Å². The summed E-state index contributed by atoms with van der Waals surface area (Å²) in [6, 6.07) is 14.6. The van der Waals surface area contributed by atoms with Gasteiger partial charge in [-0.15, -0.1) is 0 Å². The number of H-pyrrole nitrogens is 1. The summed E-state index contributed by atoms with van der Waals surface area (Å²) in [6.45, 7) is 9.71. The maximum absolute atomic E-state index is 13.7. The number of benzene rings is 2. The number of piperazine rings is 1. The van der Waals surface area contributed by atoms with Gasteiger partial charge in [-0.1, -0.05) is 0 Å². The van der Waals surface area contributed by atoms with Gasteiger partial charge in [-0.2, -0.15) is 5.10 Å². The Morgan fingerprint density at radius 1 is 0.817 bits per heavy atom. The number of pyridine rings is 1. The molecule has 5 fully saturated rings. The number of imide groups is 2. The van der Waals surface area contributed by atoms with E-state index >= 15 is 0 Å². The Morgan fingerprint density at radius 2 is 1.57 bits per heavy atom. The van der Waals surface area contributed by atoms with Crippen molar-refractivity contribution in [3.63, 3.8) is 0 Å². The Labute approximate surface area is 348 Å². The molecule has 60 heavy (non-hydrogen) atoms. The molecular formula is C45H51N9O6. The van der Waals surface area contributed by atoms with E-state index < -0.39 is 29.7 Å². The monoisotopic (exact) mass is 813 g/mol. The quantitative estimate of drug-likeness (QED) is 0.233. The van der Waals surface area contributed by atoms with Crippen molar-refractivity contribution < 1.29 is 28.7 Å². The van der Waals surface area contributed by atoms with E-state index in [1.165, 1.54) is 0 Å². The molecule has 6 aliphatic rings. The highest BCUT2D eigenvalue weighted by Crippen LogP contribution is 2.41. The number of hydrogen-bond donors (Lipinski definition) is 2. The second kappa shape index (κ2) is 15.3. The number of nitrogens with zero attached hydrogens (tertiary/aromatic N) is 7. The lowest BCUT2D eigenvalue weighted by atomic mass is 9.94.